The first-order valence-corrected chi connectivity index (χ1v) is 7.78. The standard InChI is InChI=1S/C14H23N3OS/c1-14(2,3)13-17-11(9-19-13)5-7-16-12(18)10-4-6-15-8-10/h9-10,15H,4-8H2,1-3H3,(H,16,18)/t10-/m0/s1. The van der Waals surface area contributed by atoms with Crippen molar-refractivity contribution in [3.8, 4) is 0 Å². The molecule has 1 aromatic heterocycles. The van der Waals surface area contributed by atoms with Gasteiger partial charge in [-0.3, -0.25) is 4.79 Å². The fourth-order valence-electron chi connectivity index (χ4n) is 2.10. The van der Waals surface area contributed by atoms with Gasteiger partial charge in [-0.05, 0) is 13.0 Å². The summed E-state index contributed by atoms with van der Waals surface area (Å²) in [4.78, 5) is 16.5. The summed E-state index contributed by atoms with van der Waals surface area (Å²) >= 11 is 1.71. The quantitative estimate of drug-likeness (QED) is 0.883. The lowest BCUT2D eigenvalue weighted by molar-refractivity contribution is -0.124. The highest BCUT2D eigenvalue weighted by Crippen LogP contribution is 2.25. The molecule has 4 nitrogen and oxygen atoms in total. The third-order valence-electron chi connectivity index (χ3n) is 3.30. The van der Waals surface area contributed by atoms with Crippen LogP contribution in [0, 0.1) is 5.92 Å². The molecule has 1 fully saturated rings. The third-order valence-corrected chi connectivity index (χ3v) is 4.62. The zero-order valence-electron chi connectivity index (χ0n) is 12.0. The molecule has 1 aromatic rings. The van der Waals surface area contributed by atoms with Crippen molar-refractivity contribution in [2.45, 2.75) is 39.0 Å². The summed E-state index contributed by atoms with van der Waals surface area (Å²) in [5, 5.41) is 9.48. The number of aromatic nitrogens is 1. The molecule has 0 aromatic carbocycles. The lowest BCUT2D eigenvalue weighted by atomic mass is 9.98. The predicted molar refractivity (Wildman–Crippen MR) is 78.5 cm³/mol. The lowest BCUT2D eigenvalue weighted by Gasteiger charge is -2.13. The second kappa shape index (κ2) is 6.01. The van der Waals surface area contributed by atoms with Gasteiger partial charge in [-0.1, -0.05) is 20.8 Å². The van der Waals surface area contributed by atoms with Crippen LogP contribution in [0.5, 0.6) is 0 Å². The van der Waals surface area contributed by atoms with Crippen LogP contribution in [-0.2, 0) is 16.6 Å². The highest BCUT2D eigenvalue weighted by atomic mass is 32.1. The number of nitrogens with one attached hydrogen (secondary N) is 2. The Morgan fingerprint density at radius 1 is 1.58 bits per heavy atom. The van der Waals surface area contributed by atoms with Crippen LogP contribution in [0.15, 0.2) is 5.38 Å². The van der Waals surface area contributed by atoms with Crippen LogP contribution in [0.1, 0.15) is 37.9 Å². The van der Waals surface area contributed by atoms with Crippen LogP contribution < -0.4 is 10.6 Å². The lowest BCUT2D eigenvalue weighted by Crippen LogP contribution is -2.33. The van der Waals surface area contributed by atoms with E-state index in [-0.39, 0.29) is 17.2 Å². The van der Waals surface area contributed by atoms with E-state index in [2.05, 4.69) is 41.8 Å². The normalized spacial score (nSPS) is 19.6. The van der Waals surface area contributed by atoms with E-state index in [9.17, 15) is 4.79 Å². The molecule has 5 heteroatoms. The highest BCUT2D eigenvalue weighted by molar-refractivity contribution is 7.09. The molecule has 2 heterocycles. The molecule has 0 saturated carbocycles. The first kappa shape index (κ1) is 14.5. The van der Waals surface area contributed by atoms with Gasteiger partial charge in [-0.15, -0.1) is 11.3 Å². The van der Waals surface area contributed by atoms with E-state index in [0.717, 1.165) is 36.6 Å². The molecule has 0 radical (unpaired) electrons. The largest absolute Gasteiger partial charge is 0.355 e. The molecular formula is C14H23N3OS. The average Bonchev–Trinajstić information content (AvgIpc) is 2.99. The number of hydrogen-bond acceptors (Lipinski definition) is 4. The van der Waals surface area contributed by atoms with Gasteiger partial charge in [0.1, 0.15) is 0 Å². The second-order valence-electron chi connectivity index (χ2n) is 6.12. The van der Waals surface area contributed by atoms with Gasteiger partial charge in [0.2, 0.25) is 5.91 Å². The number of rotatable bonds is 4. The summed E-state index contributed by atoms with van der Waals surface area (Å²) in [7, 11) is 0. The van der Waals surface area contributed by atoms with Crippen LogP contribution in [0.3, 0.4) is 0 Å². The summed E-state index contributed by atoms with van der Waals surface area (Å²) in [6, 6.07) is 0. The third kappa shape index (κ3) is 4.01. The summed E-state index contributed by atoms with van der Waals surface area (Å²) in [6.45, 7) is 8.97. The van der Waals surface area contributed by atoms with Gasteiger partial charge in [0.05, 0.1) is 16.6 Å². The maximum atomic E-state index is 11.8. The summed E-state index contributed by atoms with van der Waals surface area (Å²) < 4.78 is 0. The summed E-state index contributed by atoms with van der Waals surface area (Å²) in [5.41, 5.74) is 1.20. The molecule has 19 heavy (non-hydrogen) atoms. The van der Waals surface area contributed by atoms with Crippen molar-refractivity contribution in [1.29, 1.82) is 0 Å². The summed E-state index contributed by atoms with van der Waals surface area (Å²) in [6.07, 6.45) is 1.77. The van der Waals surface area contributed by atoms with E-state index in [1.165, 1.54) is 0 Å². The molecule has 0 unspecified atom stereocenters. The maximum absolute atomic E-state index is 11.8. The Labute approximate surface area is 119 Å². The van der Waals surface area contributed by atoms with Gasteiger partial charge in [-0.25, -0.2) is 4.98 Å². The SMILES string of the molecule is CC(C)(C)c1nc(CCNC(=O)[C@H]2CCNC2)cs1. The zero-order chi connectivity index (χ0) is 13.9. The van der Waals surface area contributed by atoms with E-state index in [0.29, 0.717) is 6.54 Å². The first-order chi connectivity index (χ1) is 8.97. The number of hydrogen-bond donors (Lipinski definition) is 2. The minimum Gasteiger partial charge on any atom is -0.355 e. The number of thiazole rings is 1. The number of amides is 1. The van der Waals surface area contributed by atoms with Crippen LogP contribution >= 0.6 is 11.3 Å². The van der Waals surface area contributed by atoms with Gasteiger partial charge in [0, 0.05) is 30.3 Å². The van der Waals surface area contributed by atoms with Crippen molar-refractivity contribution in [2.24, 2.45) is 5.92 Å². The zero-order valence-corrected chi connectivity index (χ0v) is 12.8. The second-order valence-corrected chi connectivity index (χ2v) is 6.98. The summed E-state index contributed by atoms with van der Waals surface area (Å²) in [5.74, 6) is 0.330. The Morgan fingerprint density at radius 2 is 2.37 bits per heavy atom. The molecule has 1 atom stereocenters. The van der Waals surface area contributed by atoms with Crippen molar-refractivity contribution in [3.63, 3.8) is 0 Å². The van der Waals surface area contributed by atoms with Crippen LogP contribution in [-0.4, -0.2) is 30.5 Å². The number of nitrogens with zero attached hydrogens (tertiary/aromatic N) is 1. The van der Waals surface area contributed by atoms with Crippen molar-refractivity contribution in [2.75, 3.05) is 19.6 Å². The molecular weight excluding hydrogens is 258 g/mol. The molecule has 0 spiro atoms. The van der Waals surface area contributed by atoms with Crippen LogP contribution in [0.4, 0.5) is 0 Å². The van der Waals surface area contributed by atoms with E-state index in [1.54, 1.807) is 11.3 Å². The Morgan fingerprint density at radius 3 is 2.95 bits per heavy atom. The maximum Gasteiger partial charge on any atom is 0.224 e. The van der Waals surface area contributed by atoms with Crippen molar-refractivity contribution in [1.82, 2.24) is 15.6 Å². The van der Waals surface area contributed by atoms with Crippen molar-refractivity contribution in [3.05, 3.63) is 16.1 Å². The smallest absolute Gasteiger partial charge is 0.224 e. The van der Waals surface area contributed by atoms with E-state index >= 15 is 0 Å². The number of carbonyl (C=O) groups excluding carboxylic acids is 1. The molecule has 106 valence electrons. The number of carbonyl (C=O) groups is 1. The Hall–Kier alpha value is -0.940. The van der Waals surface area contributed by atoms with E-state index in [4.69, 9.17) is 0 Å². The monoisotopic (exact) mass is 281 g/mol. The minimum atomic E-state index is 0.113. The van der Waals surface area contributed by atoms with Crippen molar-refractivity contribution < 1.29 is 4.79 Å². The van der Waals surface area contributed by atoms with Gasteiger partial charge in [0.25, 0.3) is 0 Å². The molecule has 2 rings (SSSR count). The van der Waals surface area contributed by atoms with E-state index < -0.39 is 0 Å². The van der Waals surface area contributed by atoms with Crippen LogP contribution in [0.25, 0.3) is 0 Å². The van der Waals surface area contributed by atoms with Gasteiger partial charge in [0.15, 0.2) is 0 Å². The first-order valence-electron chi connectivity index (χ1n) is 6.90. The molecule has 1 saturated heterocycles. The topological polar surface area (TPSA) is 54.0 Å². The molecule has 1 amide bonds. The molecule has 2 N–H and O–H groups in total. The predicted octanol–water partition coefficient (Wildman–Crippen LogP) is 1.71. The van der Waals surface area contributed by atoms with Crippen molar-refractivity contribution >= 4 is 17.2 Å². The fourth-order valence-corrected chi connectivity index (χ4v) is 3.04. The average molecular weight is 281 g/mol. The molecule has 0 aliphatic carbocycles. The molecule has 1 aliphatic heterocycles. The fraction of sp³-hybridized carbons (Fsp3) is 0.714. The Balaban J connectivity index is 1.76. The Kier molecular flexibility index (Phi) is 4.58. The van der Waals surface area contributed by atoms with E-state index in [1.807, 2.05) is 0 Å². The minimum absolute atomic E-state index is 0.113. The van der Waals surface area contributed by atoms with Gasteiger partial charge in [-0.2, -0.15) is 0 Å². The van der Waals surface area contributed by atoms with Gasteiger partial charge < -0.3 is 10.6 Å². The van der Waals surface area contributed by atoms with Crippen LogP contribution in [0.2, 0.25) is 0 Å². The molecule has 1 aliphatic rings. The highest BCUT2D eigenvalue weighted by Gasteiger charge is 2.22. The van der Waals surface area contributed by atoms with Gasteiger partial charge >= 0.3 is 0 Å². The Bertz CT molecular complexity index is 430. The molecule has 0 bridgehead atoms.